The van der Waals surface area contributed by atoms with Crippen LogP contribution in [0.5, 0.6) is 0 Å². The van der Waals surface area contributed by atoms with Gasteiger partial charge in [-0.1, -0.05) is 0 Å². The van der Waals surface area contributed by atoms with Gasteiger partial charge in [0.05, 0.1) is 5.56 Å². The number of anilines is 1. The number of carbonyl (C=O) groups is 1. The molecule has 0 fully saturated rings. The predicted molar refractivity (Wildman–Crippen MR) is 95.1 cm³/mol. The van der Waals surface area contributed by atoms with Crippen molar-refractivity contribution in [2.45, 2.75) is 20.8 Å². The molecule has 1 amide bonds. The second-order valence-corrected chi connectivity index (χ2v) is 5.76. The molecule has 0 aliphatic rings. The summed E-state index contributed by atoms with van der Waals surface area (Å²) in [6.07, 6.45) is 3.86. The van der Waals surface area contributed by atoms with Gasteiger partial charge in [0, 0.05) is 31.5 Å². The fraction of sp³-hybridized carbons (Fsp3) is 0.278. The van der Waals surface area contributed by atoms with Gasteiger partial charge in [0.25, 0.3) is 5.91 Å². The van der Waals surface area contributed by atoms with Crippen molar-refractivity contribution < 1.29 is 9.21 Å². The van der Waals surface area contributed by atoms with E-state index in [-0.39, 0.29) is 5.91 Å². The van der Waals surface area contributed by atoms with Crippen LogP contribution in [-0.2, 0) is 0 Å². The molecule has 130 valence electrons. The van der Waals surface area contributed by atoms with Crippen molar-refractivity contribution in [3.8, 4) is 5.82 Å². The summed E-state index contributed by atoms with van der Waals surface area (Å²) in [5.41, 5.74) is 0.574. The lowest BCUT2D eigenvalue weighted by Gasteiger charge is -2.10. The van der Waals surface area contributed by atoms with Crippen LogP contribution in [0.15, 0.2) is 41.1 Å². The number of nitrogens with zero attached hydrogens (tertiary/aromatic N) is 3. The molecule has 7 heteroatoms. The molecule has 25 heavy (non-hydrogen) atoms. The summed E-state index contributed by atoms with van der Waals surface area (Å²) in [5.74, 6) is 3.43. The third-order valence-corrected chi connectivity index (χ3v) is 3.70. The lowest BCUT2D eigenvalue weighted by molar-refractivity contribution is 0.0953. The number of aromatic nitrogens is 3. The zero-order chi connectivity index (χ0) is 17.8. The lowest BCUT2D eigenvalue weighted by atomic mass is 10.2. The van der Waals surface area contributed by atoms with Crippen LogP contribution >= 0.6 is 0 Å². The Morgan fingerprint density at radius 1 is 1.12 bits per heavy atom. The molecule has 0 atom stereocenters. The number of furan rings is 1. The Hall–Kier alpha value is -3.09. The van der Waals surface area contributed by atoms with Crippen LogP contribution in [0.25, 0.3) is 5.82 Å². The molecule has 0 aromatic carbocycles. The molecule has 3 heterocycles. The van der Waals surface area contributed by atoms with Crippen LogP contribution in [0.3, 0.4) is 0 Å². The van der Waals surface area contributed by atoms with Gasteiger partial charge in [0.15, 0.2) is 0 Å². The maximum absolute atomic E-state index is 12.1. The van der Waals surface area contributed by atoms with Gasteiger partial charge in [0.2, 0.25) is 0 Å². The van der Waals surface area contributed by atoms with Crippen molar-refractivity contribution in [2.75, 3.05) is 18.4 Å². The third kappa shape index (κ3) is 4.06. The van der Waals surface area contributed by atoms with Crippen molar-refractivity contribution in [2.24, 2.45) is 0 Å². The van der Waals surface area contributed by atoms with Crippen LogP contribution in [0.2, 0.25) is 0 Å². The van der Waals surface area contributed by atoms with Crippen LogP contribution in [0, 0.1) is 20.8 Å². The van der Waals surface area contributed by atoms with E-state index in [1.54, 1.807) is 13.0 Å². The minimum absolute atomic E-state index is 0.136. The Kier molecular flexibility index (Phi) is 4.83. The standard InChI is InChI=1S/C18H21N5O2/c1-12-10-15(13(2)25-12)18(24)20-7-6-19-16-11-17(22-14(3)21-16)23-8-4-5-9-23/h4-5,8-11H,6-7H2,1-3H3,(H,20,24)(H,19,21,22). The summed E-state index contributed by atoms with van der Waals surface area (Å²) in [4.78, 5) is 20.9. The van der Waals surface area contributed by atoms with Crippen molar-refractivity contribution in [1.29, 1.82) is 0 Å². The maximum atomic E-state index is 12.1. The molecule has 3 aromatic rings. The van der Waals surface area contributed by atoms with Crippen molar-refractivity contribution >= 4 is 11.7 Å². The van der Waals surface area contributed by atoms with Gasteiger partial charge >= 0.3 is 0 Å². The highest BCUT2D eigenvalue weighted by Gasteiger charge is 2.12. The van der Waals surface area contributed by atoms with E-state index in [1.807, 2.05) is 49.0 Å². The Balaban J connectivity index is 1.56. The smallest absolute Gasteiger partial charge is 0.254 e. The van der Waals surface area contributed by atoms with E-state index >= 15 is 0 Å². The van der Waals surface area contributed by atoms with E-state index in [1.165, 1.54) is 0 Å². The third-order valence-electron chi connectivity index (χ3n) is 3.70. The summed E-state index contributed by atoms with van der Waals surface area (Å²) in [7, 11) is 0. The molecule has 7 nitrogen and oxygen atoms in total. The van der Waals surface area contributed by atoms with Gasteiger partial charge in [-0.25, -0.2) is 9.97 Å². The molecular formula is C18H21N5O2. The van der Waals surface area contributed by atoms with Crippen molar-refractivity contribution in [1.82, 2.24) is 19.9 Å². The summed E-state index contributed by atoms with van der Waals surface area (Å²) < 4.78 is 7.30. The summed E-state index contributed by atoms with van der Waals surface area (Å²) in [5, 5.41) is 6.08. The average Bonchev–Trinajstić information content (AvgIpc) is 3.20. The number of hydrogen-bond donors (Lipinski definition) is 2. The van der Waals surface area contributed by atoms with E-state index in [0.717, 1.165) is 17.4 Å². The van der Waals surface area contributed by atoms with Gasteiger partial charge in [0.1, 0.15) is 29.0 Å². The van der Waals surface area contributed by atoms with E-state index in [4.69, 9.17) is 4.42 Å². The van der Waals surface area contributed by atoms with Crippen molar-refractivity contribution in [3.63, 3.8) is 0 Å². The largest absolute Gasteiger partial charge is 0.466 e. The number of amides is 1. The zero-order valence-corrected chi connectivity index (χ0v) is 14.5. The molecule has 0 spiro atoms. The van der Waals surface area contributed by atoms with Gasteiger partial charge in [-0.3, -0.25) is 4.79 Å². The van der Waals surface area contributed by atoms with Crippen LogP contribution < -0.4 is 10.6 Å². The first kappa shape index (κ1) is 16.8. The second kappa shape index (κ2) is 7.21. The first-order valence-corrected chi connectivity index (χ1v) is 8.11. The van der Waals surface area contributed by atoms with E-state index in [2.05, 4.69) is 20.6 Å². The summed E-state index contributed by atoms with van der Waals surface area (Å²) in [6.45, 7) is 6.50. The fourth-order valence-corrected chi connectivity index (χ4v) is 2.58. The molecule has 0 aliphatic carbocycles. The van der Waals surface area contributed by atoms with Gasteiger partial charge in [-0.2, -0.15) is 0 Å². The SMILES string of the molecule is Cc1nc(NCCNC(=O)c2cc(C)oc2C)cc(-n2cccc2)n1. The van der Waals surface area contributed by atoms with Gasteiger partial charge in [-0.15, -0.1) is 0 Å². The summed E-state index contributed by atoms with van der Waals surface area (Å²) in [6, 6.07) is 7.51. The number of rotatable bonds is 6. The monoisotopic (exact) mass is 339 g/mol. The number of carbonyl (C=O) groups excluding carboxylic acids is 1. The molecule has 0 saturated carbocycles. The Bertz CT molecular complexity index is 868. The molecule has 0 bridgehead atoms. The maximum Gasteiger partial charge on any atom is 0.254 e. The lowest BCUT2D eigenvalue weighted by Crippen LogP contribution is -2.29. The van der Waals surface area contributed by atoms with Gasteiger partial charge in [-0.05, 0) is 39.0 Å². The van der Waals surface area contributed by atoms with Crippen LogP contribution in [0.1, 0.15) is 27.7 Å². The predicted octanol–water partition coefficient (Wildman–Crippen LogP) is 2.63. The molecule has 0 aliphatic heterocycles. The zero-order valence-electron chi connectivity index (χ0n) is 14.5. The molecule has 0 unspecified atom stereocenters. The quantitative estimate of drug-likeness (QED) is 0.674. The molecule has 0 radical (unpaired) electrons. The minimum atomic E-state index is -0.136. The minimum Gasteiger partial charge on any atom is -0.466 e. The van der Waals surface area contributed by atoms with E-state index in [0.29, 0.717) is 30.2 Å². The average molecular weight is 339 g/mol. The molecule has 0 saturated heterocycles. The van der Waals surface area contributed by atoms with Gasteiger partial charge < -0.3 is 19.6 Å². The molecule has 2 N–H and O–H groups in total. The van der Waals surface area contributed by atoms with E-state index in [9.17, 15) is 4.79 Å². The normalized spacial score (nSPS) is 10.7. The Morgan fingerprint density at radius 3 is 2.56 bits per heavy atom. The van der Waals surface area contributed by atoms with E-state index < -0.39 is 0 Å². The fourth-order valence-electron chi connectivity index (χ4n) is 2.58. The van der Waals surface area contributed by atoms with Crippen molar-refractivity contribution in [3.05, 3.63) is 59.6 Å². The topological polar surface area (TPSA) is 85.0 Å². The first-order chi connectivity index (χ1) is 12.0. The van der Waals surface area contributed by atoms with Crippen LogP contribution in [0.4, 0.5) is 5.82 Å². The molecule has 3 rings (SSSR count). The highest BCUT2D eigenvalue weighted by Crippen LogP contribution is 2.13. The number of aryl methyl sites for hydroxylation is 3. The summed E-state index contributed by atoms with van der Waals surface area (Å²) >= 11 is 0. The highest BCUT2D eigenvalue weighted by atomic mass is 16.3. The Labute approximate surface area is 146 Å². The first-order valence-electron chi connectivity index (χ1n) is 8.11. The second-order valence-electron chi connectivity index (χ2n) is 5.76. The number of nitrogens with one attached hydrogen (secondary N) is 2. The molecular weight excluding hydrogens is 318 g/mol. The van der Waals surface area contributed by atoms with Crippen LogP contribution in [-0.4, -0.2) is 33.5 Å². The number of hydrogen-bond acceptors (Lipinski definition) is 5. The molecule has 3 aromatic heterocycles. The highest BCUT2D eigenvalue weighted by molar-refractivity contribution is 5.95. The Morgan fingerprint density at radius 2 is 1.88 bits per heavy atom.